The third-order valence-electron chi connectivity index (χ3n) is 2.37. The van der Waals surface area contributed by atoms with Crippen LogP contribution >= 0.6 is 0 Å². The van der Waals surface area contributed by atoms with Crippen molar-refractivity contribution < 1.29 is 31.1 Å². The van der Waals surface area contributed by atoms with E-state index in [1.54, 1.807) is 0 Å². The maximum atomic E-state index is 12.6. The average Bonchev–Trinajstić information content (AvgIpc) is 2.37. The molecule has 0 bridgehead atoms. The summed E-state index contributed by atoms with van der Waals surface area (Å²) in [5.74, 6) is -0.769. The molecule has 0 aliphatic carbocycles. The average molecular weight is 306 g/mol. The maximum Gasteiger partial charge on any atom is 0.416 e. The Morgan fingerprint density at radius 1 is 0.905 bits per heavy atom. The number of alkyl halides is 6. The van der Waals surface area contributed by atoms with Crippen molar-refractivity contribution in [2.45, 2.75) is 12.4 Å². The smallest absolute Gasteiger partial charge is 0.416 e. The van der Waals surface area contributed by atoms with Crippen LogP contribution in [0.2, 0.25) is 0 Å². The number of aromatic nitrogens is 1. The molecule has 1 heterocycles. The van der Waals surface area contributed by atoms with Crippen LogP contribution in [0, 0.1) is 6.20 Å². The van der Waals surface area contributed by atoms with Crippen molar-refractivity contribution in [3.63, 3.8) is 0 Å². The fourth-order valence-corrected chi connectivity index (χ4v) is 1.47. The van der Waals surface area contributed by atoms with E-state index in [9.17, 15) is 26.3 Å². The first-order valence-corrected chi connectivity index (χ1v) is 5.47. The van der Waals surface area contributed by atoms with Gasteiger partial charge < -0.3 is 4.74 Å². The van der Waals surface area contributed by atoms with E-state index in [1.807, 2.05) is 0 Å². The molecular weight excluding hydrogens is 300 g/mol. The number of ether oxygens (including phenoxy) is 1. The lowest BCUT2D eigenvalue weighted by molar-refractivity contribution is -0.143. The highest BCUT2D eigenvalue weighted by Gasteiger charge is 2.37. The number of rotatable bonds is 2. The van der Waals surface area contributed by atoms with Gasteiger partial charge in [0.15, 0.2) is 0 Å². The van der Waals surface area contributed by atoms with Crippen LogP contribution in [0.15, 0.2) is 36.4 Å². The van der Waals surface area contributed by atoms with Crippen molar-refractivity contribution in [2.75, 3.05) is 0 Å². The predicted molar refractivity (Wildman–Crippen MR) is 59.6 cm³/mol. The molecule has 0 aliphatic rings. The Morgan fingerprint density at radius 2 is 1.48 bits per heavy atom. The summed E-state index contributed by atoms with van der Waals surface area (Å²) in [4.78, 5) is 3.55. The molecule has 0 saturated carbocycles. The minimum atomic E-state index is -4.92. The van der Waals surface area contributed by atoms with Crippen LogP contribution in [0.5, 0.6) is 11.6 Å². The van der Waals surface area contributed by atoms with Gasteiger partial charge in [0.2, 0.25) is 5.88 Å². The van der Waals surface area contributed by atoms with Gasteiger partial charge in [-0.1, -0.05) is 6.07 Å². The Labute approximate surface area is 115 Å². The number of benzene rings is 1. The Kier molecular flexibility index (Phi) is 3.80. The van der Waals surface area contributed by atoms with E-state index >= 15 is 0 Å². The van der Waals surface area contributed by atoms with Crippen LogP contribution in [0.1, 0.15) is 11.1 Å². The lowest BCUT2D eigenvalue weighted by Crippen LogP contribution is -2.11. The van der Waals surface area contributed by atoms with Crippen molar-refractivity contribution in [2.24, 2.45) is 0 Å². The van der Waals surface area contributed by atoms with Crippen LogP contribution in [0.3, 0.4) is 0 Å². The van der Waals surface area contributed by atoms with E-state index in [1.165, 1.54) is 18.2 Å². The van der Waals surface area contributed by atoms with Gasteiger partial charge in [-0.25, -0.2) is 4.98 Å². The summed E-state index contributed by atoms with van der Waals surface area (Å²) in [5.41, 5.74) is -2.90. The fourth-order valence-electron chi connectivity index (χ4n) is 1.47. The molecule has 2 rings (SSSR count). The van der Waals surface area contributed by atoms with Crippen molar-refractivity contribution in [1.29, 1.82) is 0 Å². The summed E-state index contributed by atoms with van der Waals surface area (Å²) in [6, 6.07) is 5.09. The van der Waals surface area contributed by atoms with Gasteiger partial charge >= 0.3 is 12.4 Å². The molecule has 0 spiro atoms. The monoisotopic (exact) mass is 306 g/mol. The highest BCUT2D eigenvalue weighted by molar-refractivity contribution is 5.39. The van der Waals surface area contributed by atoms with E-state index in [0.29, 0.717) is 12.1 Å². The summed E-state index contributed by atoms with van der Waals surface area (Å²) in [6.45, 7) is 0. The lowest BCUT2D eigenvalue weighted by atomic mass is 10.1. The van der Waals surface area contributed by atoms with Crippen molar-refractivity contribution in [3.05, 3.63) is 53.7 Å². The van der Waals surface area contributed by atoms with Gasteiger partial charge in [0.1, 0.15) is 5.75 Å². The van der Waals surface area contributed by atoms with Crippen LogP contribution in [-0.4, -0.2) is 4.98 Å². The quantitative estimate of drug-likeness (QED) is 0.750. The molecule has 0 unspecified atom stereocenters. The number of halogens is 6. The van der Waals surface area contributed by atoms with E-state index in [-0.39, 0.29) is 11.9 Å². The van der Waals surface area contributed by atoms with E-state index in [2.05, 4.69) is 11.2 Å². The molecule has 0 atom stereocenters. The molecule has 0 saturated heterocycles. The standard InChI is InChI=1S/C13H6F6NO/c14-12(15,16)8-5-9(13(17,18)19)7-10(6-8)21-11-3-1-2-4-20-11/h1-3,5-7H. The molecule has 2 aromatic rings. The Balaban J connectivity index is 2.45. The van der Waals surface area contributed by atoms with Crippen LogP contribution in [-0.2, 0) is 12.4 Å². The van der Waals surface area contributed by atoms with Gasteiger partial charge in [0.25, 0.3) is 0 Å². The van der Waals surface area contributed by atoms with E-state index in [0.717, 1.165) is 0 Å². The second kappa shape index (κ2) is 5.27. The van der Waals surface area contributed by atoms with Gasteiger partial charge in [0, 0.05) is 6.07 Å². The van der Waals surface area contributed by atoms with Crippen LogP contribution in [0.25, 0.3) is 0 Å². The number of hydrogen-bond donors (Lipinski definition) is 0. The van der Waals surface area contributed by atoms with E-state index < -0.39 is 29.2 Å². The number of pyridine rings is 1. The molecule has 8 heteroatoms. The maximum absolute atomic E-state index is 12.6. The zero-order chi connectivity index (χ0) is 15.7. The normalized spacial score (nSPS) is 12.3. The molecule has 2 nitrogen and oxygen atoms in total. The van der Waals surface area contributed by atoms with Gasteiger partial charge in [0.05, 0.1) is 17.3 Å². The molecule has 0 amide bonds. The first-order valence-electron chi connectivity index (χ1n) is 5.47. The van der Waals surface area contributed by atoms with E-state index in [4.69, 9.17) is 4.74 Å². The number of nitrogens with zero attached hydrogens (tertiary/aromatic N) is 1. The number of hydrogen-bond acceptors (Lipinski definition) is 2. The SMILES string of the molecule is FC(F)(F)c1cc(Oc2ccc[c]n2)cc(C(F)(F)F)c1. The predicted octanol–water partition coefficient (Wildman–Crippen LogP) is 4.71. The molecule has 0 N–H and O–H groups in total. The Morgan fingerprint density at radius 3 is 1.90 bits per heavy atom. The zero-order valence-electron chi connectivity index (χ0n) is 10.1. The second-order valence-corrected chi connectivity index (χ2v) is 3.95. The lowest BCUT2D eigenvalue weighted by Gasteiger charge is -2.14. The molecular formula is C13H6F6NO. The van der Waals surface area contributed by atoms with Gasteiger partial charge in [-0.15, -0.1) is 0 Å². The Bertz CT molecular complexity index is 589. The van der Waals surface area contributed by atoms with Crippen LogP contribution < -0.4 is 4.74 Å². The van der Waals surface area contributed by atoms with Crippen LogP contribution in [0.4, 0.5) is 26.3 Å². The zero-order valence-corrected chi connectivity index (χ0v) is 10.1. The molecule has 1 aromatic heterocycles. The minimum Gasteiger partial charge on any atom is -0.439 e. The van der Waals surface area contributed by atoms with Gasteiger partial charge in [-0.05, 0) is 24.3 Å². The summed E-state index contributed by atoms with van der Waals surface area (Å²) in [7, 11) is 0. The second-order valence-electron chi connectivity index (χ2n) is 3.95. The molecule has 0 aliphatic heterocycles. The molecule has 0 fully saturated rings. The van der Waals surface area contributed by atoms with Gasteiger partial charge in [-0.3, -0.25) is 0 Å². The summed E-state index contributed by atoms with van der Waals surface area (Å²) >= 11 is 0. The van der Waals surface area contributed by atoms with Gasteiger partial charge in [-0.2, -0.15) is 26.3 Å². The summed E-state index contributed by atoms with van der Waals surface area (Å²) in [6.07, 6.45) is -7.49. The summed E-state index contributed by atoms with van der Waals surface area (Å²) < 4.78 is 80.7. The first-order chi connectivity index (χ1) is 9.66. The molecule has 21 heavy (non-hydrogen) atoms. The molecule has 1 aromatic carbocycles. The fraction of sp³-hybridized carbons (Fsp3) is 0.154. The highest BCUT2D eigenvalue weighted by atomic mass is 19.4. The van der Waals surface area contributed by atoms with Crippen molar-refractivity contribution >= 4 is 0 Å². The topological polar surface area (TPSA) is 22.1 Å². The first kappa shape index (κ1) is 15.1. The minimum absolute atomic E-state index is 0.0252. The largest absolute Gasteiger partial charge is 0.439 e. The van der Waals surface area contributed by atoms with Crippen molar-refractivity contribution in [3.8, 4) is 11.6 Å². The Hall–Kier alpha value is -2.25. The third kappa shape index (κ3) is 3.87. The highest BCUT2D eigenvalue weighted by Crippen LogP contribution is 2.38. The summed E-state index contributed by atoms with van der Waals surface area (Å²) in [5, 5.41) is 0. The van der Waals surface area contributed by atoms with Crippen molar-refractivity contribution in [1.82, 2.24) is 4.98 Å². The molecule has 111 valence electrons. The molecule has 1 radical (unpaired) electrons. The third-order valence-corrected chi connectivity index (χ3v) is 2.37.